The van der Waals surface area contributed by atoms with Gasteiger partial charge in [-0.1, -0.05) is 0 Å². The summed E-state index contributed by atoms with van der Waals surface area (Å²) in [7, 11) is 0. The van der Waals surface area contributed by atoms with Crippen molar-refractivity contribution in [3.8, 4) is 0 Å². The van der Waals surface area contributed by atoms with Crippen molar-refractivity contribution in [1.29, 1.82) is 0 Å². The van der Waals surface area contributed by atoms with E-state index in [2.05, 4.69) is 0 Å². The molecule has 0 aliphatic rings. The first-order valence-electron chi connectivity index (χ1n) is 3.89. The van der Waals surface area contributed by atoms with Crippen molar-refractivity contribution in [1.82, 2.24) is 0 Å². The molecule has 0 aromatic heterocycles. The Labute approximate surface area is 82.4 Å². The van der Waals surface area contributed by atoms with E-state index in [1.54, 1.807) is 20.8 Å². The second kappa shape index (κ2) is 4.58. The molecule has 0 fully saturated rings. The third-order valence-electron chi connectivity index (χ3n) is 1.10. The van der Waals surface area contributed by atoms with Crippen molar-refractivity contribution >= 4 is 22.8 Å². The Balaban J connectivity index is 3.96. The number of ether oxygens (including phenoxy) is 1. The highest BCUT2D eigenvalue weighted by Crippen LogP contribution is 2.09. The zero-order valence-electron chi connectivity index (χ0n) is 7.96. The Morgan fingerprint density at radius 1 is 1.46 bits per heavy atom. The van der Waals surface area contributed by atoms with Crippen molar-refractivity contribution in [2.75, 3.05) is 0 Å². The van der Waals surface area contributed by atoms with Crippen molar-refractivity contribution in [3.63, 3.8) is 0 Å². The highest BCUT2D eigenvalue weighted by Gasteiger charge is 2.21. The number of halogens is 1. The maximum absolute atomic E-state index is 11.1. The minimum atomic E-state index is -0.975. The average molecular weight is 208 g/mol. The van der Waals surface area contributed by atoms with E-state index in [1.165, 1.54) is 0 Å². The molecule has 0 rings (SSSR count). The molecule has 0 saturated carbocycles. The van der Waals surface area contributed by atoms with Gasteiger partial charge in [-0.15, -0.1) is 0 Å². The van der Waals surface area contributed by atoms with Gasteiger partial charge in [0.15, 0.2) is 0 Å². The van der Waals surface area contributed by atoms with Crippen molar-refractivity contribution in [3.05, 3.63) is 0 Å². The van der Waals surface area contributed by atoms with Crippen LogP contribution in [0.4, 0.5) is 0 Å². The van der Waals surface area contributed by atoms with E-state index in [1.807, 2.05) is 0 Å². The molecule has 0 aliphatic heterocycles. The van der Waals surface area contributed by atoms with Gasteiger partial charge >= 0.3 is 5.97 Å². The summed E-state index contributed by atoms with van der Waals surface area (Å²) in [5, 5.41) is -0.731. The summed E-state index contributed by atoms with van der Waals surface area (Å²) in [4.78, 5) is 21.5. The minimum Gasteiger partial charge on any atom is -0.460 e. The molecule has 0 saturated heterocycles. The Bertz CT molecular complexity index is 210. The molecule has 1 atom stereocenters. The smallest absolute Gasteiger partial charge is 0.308 e. The lowest BCUT2D eigenvalue weighted by Crippen LogP contribution is -2.33. The van der Waals surface area contributed by atoms with Crippen molar-refractivity contribution in [2.24, 2.45) is 5.73 Å². The molecule has 0 unspecified atom stereocenters. The average Bonchev–Trinajstić information content (AvgIpc) is 1.81. The standard InChI is InChI=1S/C8H14ClNO3/c1-8(2,3)13-6(11)4-5(10)7(9)12/h5H,4,10H2,1-3H3/t5-/m0/s1. The molecular weight excluding hydrogens is 194 g/mol. The maximum atomic E-state index is 11.1. The van der Waals surface area contributed by atoms with E-state index < -0.39 is 22.9 Å². The van der Waals surface area contributed by atoms with Gasteiger partial charge in [-0.05, 0) is 32.4 Å². The van der Waals surface area contributed by atoms with Gasteiger partial charge in [-0.2, -0.15) is 0 Å². The van der Waals surface area contributed by atoms with Gasteiger partial charge in [0.1, 0.15) is 5.60 Å². The maximum Gasteiger partial charge on any atom is 0.308 e. The summed E-state index contributed by atoms with van der Waals surface area (Å²) in [6.45, 7) is 5.21. The predicted octanol–water partition coefficient (Wildman–Crippen LogP) is 0.811. The van der Waals surface area contributed by atoms with Gasteiger partial charge in [-0.3, -0.25) is 9.59 Å². The second-order valence-electron chi connectivity index (χ2n) is 3.70. The first-order chi connectivity index (χ1) is 5.72. The largest absolute Gasteiger partial charge is 0.460 e. The Morgan fingerprint density at radius 2 is 1.92 bits per heavy atom. The fourth-order valence-electron chi connectivity index (χ4n) is 0.643. The zero-order valence-corrected chi connectivity index (χ0v) is 8.72. The molecule has 0 heterocycles. The summed E-state index contributed by atoms with van der Waals surface area (Å²) < 4.78 is 4.93. The Kier molecular flexibility index (Phi) is 4.36. The van der Waals surface area contributed by atoms with Crippen molar-refractivity contribution < 1.29 is 14.3 Å². The fraction of sp³-hybridized carbons (Fsp3) is 0.750. The number of hydrogen-bond acceptors (Lipinski definition) is 4. The lowest BCUT2D eigenvalue weighted by Gasteiger charge is -2.20. The molecule has 0 aromatic carbocycles. The molecule has 0 aliphatic carbocycles. The molecular formula is C8H14ClNO3. The minimum absolute atomic E-state index is 0.181. The monoisotopic (exact) mass is 207 g/mol. The first kappa shape index (κ1) is 12.4. The van der Waals surface area contributed by atoms with E-state index in [0.717, 1.165) is 0 Å². The molecule has 0 bridgehead atoms. The van der Waals surface area contributed by atoms with E-state index in [-0.39, 0.29) is 6.42 Å². The summed E-state index contributed by atoms with van der Waals surface area (Å²) in [5.41, 5.74) is 4.69. The normalized spacial score (nSPS) is 13.6. The molecule has 0 amide bonds. The summed E-state index contributed by atoms with van der Waals surface area (Å²) in [6.07, 6.45) is -0.181. The van der Waals surface area contributed by atoms with Crippen LogP contribution in [0.15, 0.2) is 0 Å². The van der Waals surface area contributed by atoms with Crippen LogP contribution in [0.1, 0.15) is 27.2 Å². The van der Waals surface area contributed by atoms with Crippen LogP contribution in [0.25, 0.3) is 0 Å². The second-order valence-corrected chi connectivity index (χ2v) is 4.07. The first-order valence-corrected chi connectivity index (χ1v) is 4.27. The lowest BCUT2D eigenvalue weighted by molar-refractivity contribution is -0.155. The number of carbonyl (C=O) groups excluding carboxylic acids is 2. The summed E-state index contributed by atoms with van der Waals surface area (Å²) in [5.74, 6) is -0.519. The van der Waals surface area contributed by atoms with E-state index in [9.17, 15) is 9.59 Å². The van der Waals surface area contributed by atoms with Crippen molar-refractivity contribution in [2.45, 2.75) is 38.8 Å². The highest BCUT2D eigenvalue weighted by molar-refractivity contribution is 6.64. The Hall–Kier alpha value is -0.610. The molecule has 2 N–H and O–H groups in total. The number of rotatable bonds is 3. The fourth-order valence-corrected chi connectivity index (χ4v) is 0.720. The van der Waals surface area contributed by atoms with Gasteiger partial charge < -0.3 is 10.5 Å². The number of hydrogen-bond donors (Lipinski definition) is 1. The Morgan fingerprint density at radius 3 is 2.23 bits per heavy atom. The lowest BCUT2D eigenvalue weighted by atomic mass is 10.2. The zero-order chi connectivity index (χ0) is 10.6. The number of esters is 1. The number of nitrogens with two attached hydrogens (primary N) is 1. The van der Waals surface area contributed by atoms with Crippen LogP contribution in [0.5, 0.6) is 0 Å². The van der Waals surface area contributed by atoms with E-state index in [4.69, 9.17) is 22.1 Å². The summed E-state index contributed by atoms with van der Waals surface area (Å²) >= 11 is 5.07. The number of carbonyl (C=O) groups is 2. The molecule has 76 valence electrons. The van der Waals surface area contributed by atoms with Gasteiger partial charge in [-0.25, -0.2) is 0 Å². The SMILES string of the molecule is CC(C)(C)OC(=O)C[C@H](N)C(=O)Cl. The van der Waals surface area contributed by atoms with Gasteiger partial charge in [0, 0.05) is 0 Å². The van der Waals surface area contributed by atoms with Crippen LogP contribution < -0.4 is 5.73 Å². The van der Waals surface area contributed by atoms with E-state index >= 15 is 0 Å². The van der Waals surface area contributed by atoms with Crippen LogP contribution in [0.3, 0.4) is 0 Å². The molecule has 5 heteroatoms. The van der Waals surface area contributed by atoms with Gasteiger partial charge in [0.2, 0.25) is 5.24 Å². The third kappa shape index (κ3) is 6.54. The van der Waals surface area contributed by atoms with Crippen LogP contribution in [-0.4, -0.2) is 22.9 Å². The van der Waals surface area contributed by atoms with E-state index in [0.29, 0.717) is 0 Å². The van der Waals surface area contributed by atoms with Crippen LogP contribution in [0.2, 0.25) is 0 Å². The van der Waals surface area contributed by atoms with Gasteiger partial charge in [0.05, 0.1) is 12.5 Å². The quantitative estimate of drug-likeness (QED) is 0.549. The van der Waals surface area contributed by atoms with Crippen LogP contribution >= 0.6 is 11.6 Å². The van der Waals surface area contributed by atoms with Crippen LogP contribution in [-0.2, 0) is 14.3 Å². The summed E-state index contributed by atoms with van der Waals surface area (Å²) in [6, 6.07) is -0.975. The van der Waals surface area contributed by atoms with Crippen LogP contribution in [0, 0.1) is 0 Å². The predicted molar refractivity (Wildman–Crippen MR) is 49.3 cm³/mol. The van der Waals surface area contributed by atoms with Gasteiger partial charge in [0.25, 0.3) is 0 Å². The topological polar surface area (TPSA) is 69.4 Å². The molecule has 0 aromatic rings. The molecule has 0 radical (unpaired) electrons. The highest BCUT2D eigenvalue weighted by atomic mass is 35.5. The molecule has 0 spiro atoms. The molecule has 4 nitrogen and oxygen atoms in total. The molecule has 13 heavy (non-hydrogen) atoms. The third-order valence-corrected chi connectivity index (χ3v) is 1.38.